The number of hydrogen-bond donors (Lipinski definition) is 2. The lowest BCUT2D eigenvalue weighted by atomic mass is 9.88. The molecule has 0 radical (unpaired) electrons. The number of benzene rings is 1. The first kappa shape index (κ1) is 14.5. The van der Waals surface area contributed by atoms with Crippen LogP contribution >= 0.6 is 0 Å². The SMILES string of the molecule is CC(C)C(CNCC1(CCO)CC1)c1ccccc1. The molecule has 0 aromatic heterocycles. The molecule has 19 heavy (non-hydrogen) atoms. The van der Waals surface area contributed by atoms with Crippen molar-refractivity contribution in [1.29, 1.82) is 0 Å². The molecular weight excluding hydrogens is 234 g/mol. The van der Waals surface area contributed by atoms with Gasteiger partial charge in [-0.15, -0.1) is 0 Å². The minimum absolute atomic E-state index is 0.327. The number of aliphatic hydroxyl groups is 1. The molecule has 2 N–H and O–H groups in total. The standard InChI is InChI=1S/C17H27NO/c1-14(2)16(15-6-4-3-5-7-15)12-18-13-17(8-9-17)10-11-19/h3-7,14,16,18-19H,8-13H2,1-2H3. The minimum Gasteiger partial charge on any atom is -0.396 e. The van der Waals surface area contributed by atoms with E-state index < -0.39 is 0 Å². The Morgan fingerprint density at radius 3 is 2.42 bits per heavy atom. The molecule has 0 aliphatic heterocycles. The van der Waals surface area contributed by atoms with E-state index in [1.807, 2.05) is 0 Å². The van der Waals surface area contributed by atoms with E-state index in [4.69, 9.17) is 5.11 Å². The molecule has 0 heterocycles. The molecule has 2 rings (SSSR count). The highest BCUT2D eigenvalue weighted by atomic mass is 16.3. The van der Waals surface area contributed by atoms with Gasteiger partial charge in [0, 0.05) is 19.7 Å². The van der Waals surface area contributed by atoms with Crippen molar-refractivity contribution in [2.24, 2.45) is 11.3 Å². The normalized spacial score (nSPS) is 18.5. The largest absolute Gasteiger partial charge is 0.396 e. The van der Waals surface area contributed by atoms with Gasteiger partial charge in [0.05, 0.1) is 0 Å². The van der Waals surface area contributed by atoms with E-state index in [-0.39, 0.29) is 0 Å². The van der Waals surface area contributed by atoms with Gasteiger partial charge in [0.25, 0.3) is 0 Å². The van der Waals surface area contributed by atoms with Crippen LogP contribution in [-0.2, 0) is 0 Å². The van der Waals surface area contributed by atoms with Crippen LogP contribution in [0.4, 0.5) is 0 Å². The zero-order valence-electron chi connectivity index (χ0n) is 12.2. The summed E-state index contributed by atoms with van der Waals surface area (Å²) in [5.41, 5.74) is 1.84. The number of aliphatic hydroxyl groups excluding tert-OH is 1. The van der Waals surface area contributed by atoms with Crippen LogP contribution in [0.15, 0.2) is 30.3 Å². The maximum absolute atomic E-state index is 9.09. The number of rotatable bonds is 8. The molecule has 2 nitrogen and oxygen atoms in total. The third-order valence-electron chi connectivity index (χ3n) is 4.50. The molecule has 1 aliphatic rings. The Bertz CT molecular complexity index is 370. The molecule has 2 heteroatoms. The topological polar surface area (TPSA) is 32.3 Å². The Labute approximate surface area is 117 Å². The second-order valence-electron chi connectivity index (χ2n) is 6.37. The lowest BCUT2D eigenvalue weighted by molar-refractivity contribution is 0.244. The summed E-state index contributed by atoms with van der Waals surface area (Å²) in [7, 11) is 0. The van der Waals surface area contributed by atoms with Crippen LogP contribution in [0.2, 0.25) is 0 Å². The van der Waals surface area contributed by atoms with Gasteiger partial charge in [0.15, 0.2) is 0 Å². The summed E-state index contributed by atoms with van der Waals surface area (Å²) in [5, 5.41) is 12.7. The van der Waals surface area contributed by atoms with Crippen molar-refractivity contribution in [3.8, 4) is 0 Å². The molecule has 1 fully saturated rings. The second-order valence-corrected chi connectivity index (χ2v) is 6.37. The van der Waals surface area contributed by atoms with E-state index in [0.29, 0.717) is 23.9 Å². The highest BCUT2D eigenvalue weighted by Crippen LogP contribution is 2.47. The molecule has 1 aromatic rings. The van der Waals surface area contributed by atoms with Gasteiger partial charge in [-0.3, -0.25) is 0 Å². The average molecular weight is 261 g/mol. The lowest BCUT2D eigenvalue weighted by Gasteiger charge is -2.23. The van der Waals surface area contributed by atoms with E-state index in [0.717, 1.165) is 19.5 Å². The summed E-state index contributed by atoms with van der Waals surface area (Å²) in [4.78, 5) is 0. The van der Waals surface area contributed by atoms with E-state index in [1.54, 1.807) is 0 Å². The second kappa shape index (κ2) is 6.53. The summed E-state index contributed by atoms with van der Waals surface area (Å²) in [6.45, 7) is 7.01. The smallest absolute Gasteiger partial charge is 0.0436 e. The van der Waals surface area contributed by atoms with Gasteiger partial charge in [-0.05, 0) is 42.1 Å². The molecule has 0 amide bonds. The first-order valence-electron chi connectivity index (χ1n) is 7.53. The minimum atomic E-state index is 0.327. The fourth-order valence-corrected chi connectivity index (χ4v) is 2.86. The predicted molar refractivity (Wildman–Crippen MR) is 80.3 cm³/mol. The van der Waals surface area contributed by atoms with E-state index in [2.05, 4.69) is 49.5 Å². The lowest BCUT2D eigenvalue weighted by Crippen LogP contribution is -2.30. The molecular formula is C17H27NO. The number of nitrogens with one attached hydrogen (secondary N) is 1. The fraction of sp³-hybridized carbons (Fsp3) is 0.647. The summed E-state index contributed by atoms with van der Waals surface area (Å²) < 4.78 is 0. The first-order valence-corrected chi connectivity index (χ1v) is 7.53. The maximum Gasteiger partial charge on any atom is 0.0436 e. The van der Waals surface area contributed by atoms with Crippen molar-refractivity contribution in [3.63, 3.8) is 0 Å². The summed E-state index contributed by atoms with van der Waals surface area (Å²) >= 11 is 0. The van der Waals surface area contributed by atoms with Crippen LogP contribution in [0, 0.1) is 11.3 Å². The third kappa shape index (κ3) is 4.05. The Morgan fingerprint density at radius 2 is 1.89 bits per heavy atom. The molecule has 106 valence electrons. The van der Waals surface area contributed by atoms with Crippen LogP contribution in [0.25, 0.3) is 0 Å². The average Bonchev–Trinajstić information content (AvgIpc) is 3.16. The summed E-state index contributed by atoms with van der Waals surface area (Å²) in [5.74, 6) is 1.22. The van der Waals surface area contributed by atoms with Crippen LogP contribution in [0.5, 0.6) is 0 Å². The van der Waals surface area contributed by atoms with Crippen LogP contribution in [0.3, 0.4) is 0 Å². The van der Waals surface area contributed by atoms with Crippen molar-refractivity contribution in [3.05, 3.63) is 35.9 Å². The monoisotopic (exact) mass is 261 g/mol. The molecule has 0 saturated heterocycles. The highest BCUT2D eigenvalue weighted by Gasteiger charge is 2.41. The predicted octanol–water partition coefficient (Wildman–Crippen LogP) is 3.18. The Morgan fingerprint density at radius 1 is 1.21 bits per heavy atom. The van der Waals surface area contributed by atoms with Gasteiger partial charge in [0.2, 0.25) is 0 Å². The van der Waals surface area contributed by atoms with E-state index in [1.165, 1.54) is 18.4 Å². The molecule has 1 saturated carbocycles. The van der Waals surface area contributed by atoms with Crippen molar-refractivity contribution in [2.45, 2.75) is 39.0 Å². The Kier molecular flexibility index (Phi) is 5.00. The highest BCUT2D eigenvalue weighted by molar-refractivity contribution is 5.20. The maximum atomic E-state index is 9.09. The molecule has 1 unspecified atom stereocenters. The Hall–Kier alpha value is -0.860. The van der Waals surface area contributed by atoms with Crippen molar-refractivity contribution < 1.29 is 5.11 Å². The van der Waals surface area contributed by atoms with Gasteiger partial charge >= 0.3 is 0 Å². The van der Waals surface area contributed by atoms with Crippen molar-refractivity contribution in [1.82, 2.24) is 5.32 Å². The zero-order valence-corrected chi connectivity index (χ0v) is 12.2. The van der Waals surface area contributed by atoms with Crippen LogP contribution in [-0.4, -0.2) is 24.8 Å². The van der Waals surface area contributed by atoms with Crippen molar-refractivity contribution in [2.75, 3.05) is 19.7 Å². The van der Waals surface area contributed by atoms with Crippen LogP contribution < -0.4 is 5.32 Å². The van der Waals surface area contributed by atoms with Gasteiger partial charge in [-0.1, -0.05) is 44.2 Å². The quantitative estimate of drug-likeness (QED) is 0.753. The molecule has 1 atom stereocenters. The van der Waals surface area contributed by atoms with Gasteiger partial charge in [0.1, 0.15) is 0 Å². The van der Waals surface area contributed by atoms with E-state index >= 15 is 0 Å². The fourth-order valence-electron chi connectivity index (χ4n) is 2.86. The Balaban J connectivity index is 1.85. The van der Waals surface area contributed by atoms with Crippen molar-refractivity contribution >= 4 is 0 Å². The molecule has 0 spiro atoms. The molecule has 0 bridgehead atoms. The summed E-state index contributed by atoms with van der Waals surface area (Å²) in [6, 6.07) is 10.8. The zero-order chi connectivity index (χ0) is 13.7. The van der Waals surface area contributed by atoms with Gasteiger partial charge in [-0.25, -0.2) is 0 Å². The van der Waals surface area contributed by atoms with Gasteiger partial charge in [-0.2, -0.15) is 0 Å². The first-order chi connectivity index (χ1) is 9.17. The van der Waals surface area contributed by atoms with Crippen LogP contribution in [0.1, 0.15) is 44.6 Å². The number of hydrogen-bond acceptors (Lipinski definition) is 2. The molecule has 1 aromatic carbocycles. The van der Waals surface area contributed by atoms with E-state index in [9.17, 15) is 0 Å². The molecule has 1 aliphatic carbocycles. The summed E-state index contributed by atoms with van der Waals surface area (Å²) in [6.07, 6.45) is 3.51. The third-order valence-corrected chi connectivity index (χ3v) is 4.50. The van der Waals surface area contributed by atoms with Gasteiger partial charge < -0.3 is 10.4 Å².